The van der Waals surface area contributed by atoms with Crippen LogP contribution in [0.1, 0.15) is 36.6 Å². The first-order valence-electron chi connectivity index (χ1n) is 13.6. The molecule has 0 unspecified atom stereocenters. The van der Waals surface area contributed by atoms with Crippen molar-refractivity contribution in [2.75, 3.05) is 50.8 Å². The number of hydroxylamine groups is 1. The number of amidine groups is 1. The molecule has 0 atom stereocenters. The molecule has 1 aromatic carbocycles. The van der Waals surface area contributed by atoms with E-state index >= 15 is 0 Å². The molecular formula is C28H34N6O3S. The van der Waals surface area contributed by atoms with Crippen LogP contribution < -0.4 is 15.2 Å². The number of nitrogens with one attached hydrogen (secondary N) is 1. The van der Waals surface area contributed by atoms with E-state index in [2.05, 4.69) is 45.6 Å². The molecule has 6 rings (SSSR count). The zero-order chi connectivity index (χ0) is 25.9. The third kappa shape index (κ3) is 5.28. The van der Waals surface area contributed by atoms with E-state index in [0.717, 1.165) is 91.2 Å². The van der Waals surface area contributed by atoms with Crippen molar-refractivity contribution in [3.63, 3.8) is 0 Å². The average Bonchev–Trinajstić information content (AvgIpc) is 3.32. The molecule has 0 spiro atoms. The van der Waals surface area contributed by atoms with Crippen LogP contribution in [0.3, 0.4) is 0 Å². The monoisotopic (exact) mass is 534 g/mol. The Kier molecular flexibility index (Phi) is 7.33. The number of piperazine rings is 1. The lowest BCUT2D eigenvalue weighted by Gasteiger charge is -2.35. The molecule has 0 saturated carbocycles. The molecule has 0 aliphatic carbocycles. The number of anilines is 1. The summed E-state index contributed by atoms with van der Waals surface area (Å²) in [7, 11) is 0. The number of nitrogens with zero attached hydrogens (tertiary/aromatic N) is 5. The van der Waals surface area contributed by atoms with E-state index in [0.29, 0.717) is 19.7 Å². The Bertz CT molecular complexity index is 1330. The number of pyridine rings is 1. The highest BCUT2D eigenvalue weighted by Gasteiger charge is 2.30. The topological polar surface area (TPSA) is 82.5 Å². The molecular weight excluding hydrogens is 500 g/mol. The number of rotatable bonds is 7. The predicted molar refractivity (Wildman–Crippen MR) is 151 cm³/mol. The number of unbranched alkanes of at least 4 members (excludes halogenated alkanes) is 1. The number of fused-ring (bicyclic) bond motifs is 4. The molecule has 200 valence electrons. The lowest BCUT2D eigenvalue weighted by molar-refractivity contribution is 0.103. The van der Waals surface area contributed by atoms with Gasteiger partial charge in [-0.1, -0.05) is 18.2 Å². The normalized spacial score (nSPS) is 17.3. The Morgan fingerprint density at radius 1 is 1.11 bits per heavy atom. The molecule has 3 aliphatic rings. The third-order valence-electron chi connectivity index (χ3n) is 7.44. The van der Waals surface area contributed by atoms with Crippen molar-refractivity contribution in [3.05, 3.63) is 46.8 Å². The Labute approximate surface area is 227 Å². The third-order valence-corrected chi connectivity index (χ3v) is 8.53. The number of aliphatic imine (C=N–C) groups is 1. The van der Waals surface area contributed by atoms with Crippen LogP contribution in [0.25, 0.3) is 10.9 Å². The summed E-state index contributed by atoms with van der Waals surface area (Å²) >= 11 is 1.62. The SMILES string of the molecule is CCOC(=O)N1CCc2c(sc3c2ONC(CCCCN2CCN(c4ccc5ccccc5n4)CC2)=N3)C1. The smallest absolute Gasteiger partial charge is 0.410 e. The molecule has 3 aromatic rings. The van der Waals surface area contributed by atoms with Gasteiger partial charge in [0.2, 0.25) is 0 Å². The van der Waals surface area contributed by atoms with E-state index < -0.39 is 0 Å². The van der Waals surface area contributed by atoms with Gasteiger partial charge in [0.25, 0.3) is 0 Å². The van der Waals surface area contributed by atoms with Crippen molar-refractivity contribution < 1.29 is 14.4 Å². The van der Waals surface area contributed by atoms with Crippen LogP contribution in [-0.4, -0.2) is 72.6 Å². The van der Waals surface area contributed by atoms with Crippen molar-refractivity contribution in [3.8, 4) is 5.75 Å². The molecule has 10 heteroatoms. The highest BCUT2D eigenvalue weighted by Crippen LogP contribution is 2.46. The molecule has 0 bridgehead atoms. The van der Waals surface area contributed by atoms with Crippen LogP contribution in [0.4, 0.5) is 15.6 Å². The molecule has 1 saturated heterocycles. The lowest BCUT2D eigenvalue weighted by Crippen LogP contribution is -2.46. The quantitative estimate of drug-likeness (QED) is 0.439. The van der Waals surface area contributed by atoms with Gasteiger partial charge in [-0.3, -0.25) is 4.90 Å². The standard InChI is InChI=1S/C28H34N6O3S/c1-2-36-28(35)34-14-12-21-23(19-34)38-27-26(21)37-31-24(30-27)9-5-6-13-32-15-17-33(18-16-32)25-11-10-20-7-3-4-8-22(20)29-25/h3-4,7-8,10-11H,2,5-6,9,12-19H2,1H3,(H,30,31). The number of carbonyl (C=O) groups is 1. The molecule has 1 fully saturated rings. The van der Waals surface area contributed by atoms with Crippen molar-refractivity contribution in [1.29, 1.82) is 0 Å². The zero-order valence-corrected chi connectivity index (χ0v) is 22.6. The number of benzene rings is 1. The maximum absolute atomic E-state index is 12.1. The molecule has 9 nitrogen and oxygen atoms in total. The molecule has 2 aromatic heterocycles. The van der Waals surface area contributed by atoms with Gasteiger partial charge in [0.15, 0.2) is 10.8 Å². The van der Waals surface area contributed by atoms with Gasteiger partial charge in [0.1, 0.15) is 11.7 Å². The Balaban J connectivity index is 0.957. The first-order valence-corrected chi connectivity index (χ1v) is 14.4. The molecule has 1 N–H and O–H groups in total. The van der Waals surface area contributed by atoms with Gasteiger partial charge in [-0.15, -0.1) is 11.3 Å². The van der Waals surface area contributed by atoms with E-state index in [4.69, 9.17) is 19.6 Å². The number of aromatic nitrogens is 1. The largest absolute Gasteiger partial charge is 0.450 e. The second-order valence-electron chi connectivity index (χ2n) is 9.92. The number of amides is 1. The first kappa shape index (κ1) is 24.9. The molecule has 1 amide bonds. The van der Waals surface area contributed by atoms with Crippen LogP contribution in [0.15, 0.2) is 41.4 Å². The van der Waals surface area contributed by atoms with Gasteiger partial charge in [-0.05, 0) is 50.9 Å². The van der Waals surface area contributed by atoms with Gasteiger partial charge in [-0.2, -0.15) is 0 Å². The van der Waals surface area contributed by atoms with Gasteiger partial charge in [0, 0.05) is 55.0 Å². The van der Waals surface area contributed by atoms with Crippen LogP contribution in [-0.2, 0) is 17.7 Å². The van der Waals surface area contributed by atoms with Gasteiger partial charge in [0.05, 0.1) is 18.7 Å². The summed E-state index contributed by atoms with van der Waals surface area (Å²) in [4.78, 5) is 35.6. The fourth-order valence-electron chi connectivity index (χ4n) is 5.33. The number of ether oxygens (including phenoxy) is 1. The molecule has 5 heterocycles. The minimum absolute atomic E-state index is 0.250. The number of thiophene rings is 1. The summed E-state index contributed by atoms with van der Waals surface area (Å²) in [6.45, 7) is 8.65. The van der Waals surface area contributed by atoms with Crippen molar-refractivity contribution >= 4 is 45.0 Å². The van der Waals surface area contributed by atoms with E-state index in [1.807, 2.05) is 13.0 Å². The number of hydrogen-bond acceptors (Lipinski definition) is 9. The number of para-hydroxylation sites is 1. The second kappa shape index (κ2) is 11.2. The van der Waals surface area contributed by atoms with Crippen molar-refractivity contribution in [2.24, 2.45) is 4.99 Å². The van der Waals surface area contributed by atoms with Crippen molar-refractivity contribution in [2.45, 2.75) is 39.2 Å². The molecule has 0 radical (unpaired) electrons. The number of hydrogen-bond donors (Lipinski definition) is 1. The van der Waals surface area contributed by atoms with E-state index in [-0.39, 0.29) is 6.09 Å². The highest BCUT2D eigenvalue weighted by molar-refractivity contribution is 7.16. The van der Waals surface area contributed by atoms with Crippen LogP contribution >= 0.6 is 11.3 Å². The fourth-order valence-corrected chi connectivity index (χ4v) is 6.52. The highest BCUT2D eigenvalue weighted by atomic mass is 32.1. The van der Waals surface area contributed by atoms with Crippen LogP contribution in [0, 0.1) is 0 Å². The predicted octanol–water partition coefficient (Wildman–Crippen LogP) is 4.73. The summed E-state index contributed by atoms with van der Waals surface area (Å²) in [5.74, 6) is 2.79. The first-order chi connectivity index (χ1) is 18.7. The van der Waals surface area contributed by atoms with Crippen LogP contribution in [0.5, 0.6) is 5.75 Å². The fraction of sp³-hybridized carbons (Fsp3) is 0.464. The van der Waals surface area contributed by atoms with Gasteiger partial charge >= 0.3 is 6.09 Å². The lowest BCUT2D eigenvalue weighted by atomic mass is 10.1. The average molecular weight is 535 g/mol. The van der Waals surface area contributed by atoms with Crippen molar-refractivity contribution in [1.82, 2.24) is 20.3 Å². The van der Waals surface area contributed by atoms with Gasteiger partial charge in [-0.25, -0.2) is 20.3 Å². The summed E-state index contributed by atoms with van der Waals surface area (Å²) < 4.78 is 5.17. The summed E-state index contributed by atoms with van der Waals surface area (Å²) in [5.41, 5.74) is 5.29. The maximum atomic E-state index is 12.1. The minimum Gasteiger partial charge on any atom is -0.450 e. The van der Waals surface area contributed by atoms with Crippen LogP contribution in [0.2, 0.25) is 0 Å². The maximum Gasteiger partial charge on any atom is 0.410 e. The van der Waals surface area contributed by atoms with E-state index in [1.54, 1.807) is 16.2 Å². The Hall–Kier alpha value is -3.37. The van der Waals surface area contributed by atoms with Gasteiger partial charge < -0.3 is 19.4 Å². The van der Waals surface area contributed by atoms with E-state index in [1.165, 1.54) is 10.9 Å². The Morgan fingerprint density at radius 3 is 2.84 bits per heavy atom. The minimum atomic E-state index is -0.250. The second-order valence-corrected chi connectivity index (χ2v) is 11.0. The summed E-state index contributed by atoms with van der Waals surface area (Å²) in [5, 5.41) is 2.10. The summed E-state index contributed by atoms with van der Waals surface area (Å²) in [6.07, 6.45) is 3.55. The molecule has 3 aliphatic heterocycles. The molecule has 38 heavy (non-hydrogen) atoms. The number of carbonyl (C=O) groups excluding carboxylic acids is 1. The summed E-state index contributed by atoms with van der Waals surface area (Å²) in [6, 6.07) is 12.6. The zero-order valence-electron chi connectivity index (χ0n) is 21.8. The Morgan fingerprint density at radius 2 is 1.97 bits per heavy atom. The van der Waals surface area contributed by atoms with E-state index in [9.17, 15) is 4.79 Å².